The molecule has 0 aliphatic rings. The molecular formula is C4H7IN2O. The van der Waals surface area contributed by atoms with Crippen LogP contribution in [0.25, 0.3) is 0 Å². The molecule has 0 aromatic carbocycles. The van der Waals surface area contributed by atoms with Crippen molar-refractivity contribution in [1.82, 2.24) is 5.32 Å². The van der Waals surface area contributed by atoms with Gasteiger partial charge in [-0.2, -0.15) is 0 Å². The van der Waals surface area contributed by atoms with Crippen LogP contribution in [0.2, 0.25) is 0 Å². The fourth-order valence-electron chi connectivity index (χ4n) is 0.233. The zero-order chi connectivity index (χ0) is 6.41. The van der Waals surface area contributed by atoms with Gasteiger partial charge in [0.1, 0.15) is 0 Å². The fourth-order valence-corrected chi connectivity index (χ4v) is 0.503. The van der Waals surface area contributed by atoms with Gasteiger partial charge in [0.15, 0.2) is 0 Å². The van der Waals surface area contributed by atoms with E-state index in [1.54, 1.807) is 22.6 Å². The second-order valence-electron chi connectivity index (χ2n) is 1.15. The summed E-state index contributed by atoms with van der Waals surface area (Å²) in [6.45, 7) is 4.43. The molecule has 0 atom stereocenters. The maximum Gasteiger partial charge on any atom is 0.280 e. The summed E-state index contributed by atoms with van der Waals surface area (Å²) in [5.41, 5.74) is 0. The molecule has 0 bridgehead atoms. The summed E-state index contributed by atoms with van der Waals surface area (Å²) in [5.74, 6) is 0. The normalized spacial score (nSPS) is 8.12. The number of carbonyl (C=O) groups excluding carboxylic acids is 1. The third-order valence-electron chi connectivity index (χ3n) is 0.534. The van der Waals surface area contributed by atoms with Crippen molar-refractivity contribution in [2.45, 2.75) is 0 Å². The summed E-state index contributed by atoms with van der Waals surface area (Å²) in [7, 11) is 0. The zero-order valence-electron chi connectivity index (χ0n) is 4.35. The molecule has 4 heteroatoms. The third kappa shape index (κ3) is 5.87. The van der Waals surface area contributed by atoms with E-state index in [1.807, 2.05) is 0 Å². The largest absolute Gasteiger partial charge is 0.346 e. The van der Waals surface area contributed by atoms with Gasteiger partial charge in [0.25, 0.3) is 3.91 Å². The minimum absolute atomic E-state index is 0.0498. The van der Waals surface area contributed by atoms with Crippen molar-refractivity contribution < 1.29 is 4.79 Å². The van der Waals surface area contributed by atoms with E-state index in [4.69, 9.17) is 0 Å². The predicted molar refractivity (Wildman–Crippen MR) is 41.8 cm³/mol. The second-order valence-corrected chi connectivity index (χ2v) is 2.13. The standard InChI is InChI=1S/C4H7IN2O/c1-6-2-3-7-4(5)8/h1-3H2,(H,7,8). The van der Waals surface area contributed by atoms with Crippen LogP contribution in [0.15, 0.2) is 4.99 Å². The summed E-state index contributed by atoms with van der Waals surface area (Å²) in [6.07, 6.45) is 0. The first-order chi connectivity index (χ1) is 3.77. The molecular weight excluding hydrogens is 219 g/mol. The van der Waals surface area contributed by atoms with Gasteiger partial charge in [-0.3, -0.25) is 9.79 Å². The van der Waals surface area contributed by atoms with Crippen molar-refractivity contribution in [3.05, 3.63) is 0 Å². The third-order valence-corrected chi connectivity index (χ3v) is 0.915. The van der Waals surface area contributed by atoms with E-state index in [2.05, 4.69) is 17.0 Å². The second kappa shape index (κ2) is 5.02. The SMILES string of the molecule is C=NCCNC(=O)I. The number of rotatable bonds is 3. The van der Waals surface area contributed by atoms with Crippen LogP contribution in [0.3, 0.4) is 0 Å². The van der Waals surface area contributed by atoms with Gasteiger partial charge in [0.2, 0.25) is 0 Å². The van der Waals surface area contributed by atoms with E-state index >= 15 is 0 Å². The number of nitrogens with one attached hydrogen (secondary N) is 1. The van der Waals surface area contributed by atoms with E-state index < -0.39 is 0 Å². The number of halogens is 1. The smallest absolute Gasteiger partial charge is 0.280 e. The van der Waals surface area contributed by atoms with Crippen LogP contribution in [-0.4, -0.2) is 23.7 Å². The van der Waals surface area contributed by atoms with Crippen molar-refractivity contribution in [3.63, 3.8) is 0 Å². The molecule has 0 fully saturated rings. The Kier molecular flexibility index (Phi) is 4.93. The average molecular weight is 226 g/mol. The Morgan fingerprint density at radius 3 is 2.88 bits per heavy atom. The maximum atomic E-state index is 10.1. The number of hydrogen-bond donors (Lipinski definition) is 1. The first-order valence-electron chi connectivity index (χ1n) is 2.13. The molecule has 0 aromatic heterocycles. The monoisotopic (exact) mass is 226 g/mol. The molecule has 8 heavy (non-hydrogen) atoms. The van der Waals surface area contributed by atoms with Gasteiger partial charge >= 0.3 is 0 Å². The van der Waals surface area contributed by atoms with Crippen molar-refractivity contribution in [1.29, 1.82) is 0 Å². The highest BCUT2D eigenvalue weighted by Gasteiger charge is 1.87. The van der Waals surface area contributed by atoms with Gasteiger partial charge in [0.05, 0.1) is 6.54 Å². The summed E-state index contributed by atoms with van der Waals surface area (Å²) in [4.78, 5) is 13.7. The number of amides is 1. The lowest BCUT2D eigenvalue weighted by Crippen LogP contribution is -2.18. The van der Waals surface area contributed by atoms with E-state index in [0.29, 0.717) is 13.1 Å². The van der Waals surface area contributed by atoms with E-state index in [-0.39, 0.29) is 3.91 Å². The van der Waals surface area contributed by atoms with Crippen LogP contribution in [-0.2, 0) is 0 Å². The highest BCUT2D eigenvalue weighted by atomic mass is 127. The molecule has 0 heterocycles. The van der Waals surface area contributed by atoms with Crippen LogP contribution < -0.4 is 5.32 Å². The quantitative estimate of drug-likeness (QED) is 0.250. The zero-order valence-corrected chi connectivity index (χ0v) is 6.51. The first-order valence-corrected chi connectivity index (χ1v) is 3.21. The molecule has 3 nitrogen and oxygen atoms in total. The minimum atomic E-state index is -0.0498. The number of nitrogens with zero attached hydrogens (tertiary/aromatic N) is 1. The summed E-state index contributed by atoms with van der Waals surface area (Å²) < 4.78 is -0.0498. The Labute approximate surface area is 61.7 Å². The molecule has 0 aliphatic heterocycles. The molecule has 0 aliphatic carbocycles. The van der Waals surface area contributed by atoms with Gasteiger partial charge < -0.3 is 5.32 Å². The molecule has 0 saturated carbocycles. The number of aliphatic imine (C=N–C) groups is 1. The maximum absolute atomic E-state index is 10.1. The lowest BCUT2D eigenvalue weighted by Gasteiger charge is -1.92. The Morgan fingerprint density at radius 2 is 2.50 bits per heavy atom. The molecule has 0 saturated heterocycles. The van der Waals surface area contributed by atoms with Crippen molar-refractivity contribution in [3.8, 4) is 0 Å². The van der Waals surface area contributed by atoms with E-state index in [9.17, 15) is 4.79 Å². The van der Waals surface area contributed by atoms with Crippen molar-refractivity contribution >= 4 is 33.2 Å². The van der Waals surface area contributed by atoms with Crippen LogP contribution in [0.5, 0.6) is 0 Å². The van der Waals surface area contributed by atoms with Crippen LogP contribution in [0.4, 0.5) is 4.79 Å². The summed E-state index contributed by atoms with van der Waals surface area (Å²) >= 11 is 1.67. The van der Waals surface area contributed by atoms with Gasteiger partial charge in [-0.1, -0.05) is 0 Å². The molecule has 0 radical (unpaired) electrons. The average Bonchev–Trinajstić information content (AvgIpc) is 1.66. The highest BCUT2D eigenvalue weighted by Crippen LogP contribution is 1.80. The molecule has 0 unspecified atom stereocenters. The van der Waals surface area contributed by atoms with Gasteiger partial charge in [-0.25, -0.2) is 0 Å². The van der Waals surface area contributed by atoms with Crippen LogP contribution in [0.1, 0.15) is 0 Å². The van der Waals surface area contributed by atoms with Crippen molar-refractivity contribution in [2.24, 2.45) is 4.99 Å². The predicted octanol–water partition coefficient (Wildman–Crippen LogP) is 0.832. The molecule has 1 amide bonds. The number of carbonyl (C=O) groups is 1. The lowest BCUT2D eigenvalue weighted by molar-refractivity contribution is 0.263. The Balaban J connectivity index is 2.93. The Bertz CT molecular complexity index is 94.0. The Hall–Kier alpha value is -0.130. The number of hydrogen-bond acceptors (Lipinski definition) is 2. The molecule has 1 N–H and O–H groups in total. The van der Waals surface area contributed by atoms with Gasteiger partial charge in [-0.05, 0) is 6.72 Å². The van der Waals surface area contributed by atoms with Crippen LogP contribution >= 0.6 is 22.6 Å². The minimum Gasteiger partial charge on any atom is -0.346 e. The van der Waals surface area contributed by atoms with Gasteiger partial charge in [-0.15, -0.1) is 0 Å². The lowest BCUT2D eigenvalue weighted by atomic mass is 10.6. The topological polar surface area (TPSA) is 41.5 Å². The molecule has 46 valence electrons. The van der Waals surface area contributed by atoms with E-state index in [1.165, 1.54) is 0 Å². The summed E-state index contributed by atoms with van der Waals surface area (Å²) in [5, 5.41) is 2.56. The Morgan fingerprint density at radius 1 is 1.88 bits per heavy atom. The first kappa shape index (κ1) is 7.87. The highest BCUT2D eigenvalue weighted by molar-refractivity contribution is 14.1. The van der Waals surface area contributed by atoms with E-state index in [0.717, 1.165) is 0 Å². The van der Waals surface area contributed by atoms with Crippen LogP contribution in [0, 0.1) is 0 Å². The molecule has 0 rings (SSSR count). The fraction of sp³-hybridized carbons (Fsp3) is 0.500. The molecule has 0 spiro atoms. The van der Waals surface area contributed by atoms with Crippen molar-refractivity contribution in [2.75, 3.05) is 13.1 Å². The summed E-state index contributed by atoms with van der Waals surface area (Å²) in [6, 6.07) is 0. The molecule has 0 aromatic rings. The van der Waals surface area contributed by atoms with Gasteiger partial charge in [0, 0.05) is 29.1 Å².